The number of benzene rings is 2. The van der Waals surface area contributed by atoms with E-state index in [1.807, 2.05) is 61.5 Å². The predicted octanol–water partition coefficient (Wildman–Crippen LogP) is 3.45. The topological polar surface area (TPSA) is 47.6 Å². The van der Waals surface area contributed by atoms with Gasteiger partial charge < -0.3 is 14.8 Å². The lowest BCUT2D eigenvalue weighted by Gasteiger charge is -2.37. The molecule has 1 N–H and O–H groups in total. The highest BCUT2D eigenvalue weighted by Crippen LogP contribution is 2.35. The number of nitrogens with one attached hydrogen (secondary N) is 1. The largest absolute Gasteiger partial charge is 0.494 e. The quantitative estimate of drug-likeness (QED) is 0.819. The van der Waals surface area contributed by atoms with Crippen molar-refractivity contribution in [1.82, 2.24) is 5.32 Å². The average molecular weight is 339 g/mol. The average Bonchev–Trinajstić information content (AvgIpc) is 2.64. The third-order valence-corrected chi connectivity index (χ3v) is 4.58. The van der Waals surface area contributed by atoms with Crippen LogP contribution in [0.1, 0.15) is 30.9 Å². The van der Waals surface area contributed by atoms with E-state index < -0.39 is 5.60 Å². The molecule has 3 rings (SSSR count). The molecule has 1 fully saturated rings. The summed E-state index contributed by atoms with van der Waals surface area (Å²) in [7, 11) is 0. The van der Waals surface area contributed by atoms with Crippen molar-refractivity contribution >= 4 is 5.97 Å². The van der Waals surface area contributed by atoms with E-state index in [1.54, 1.807) is 0 Å². The summed E-state index contributed by atoms with van der Waals surface area (Å²) in [4.78, 5) is 12.6. The Labute approximate surface area is 149 Å². The molecule has 1 aliphatic heterocycles. The van der Waals surface area contributed by atoms with Gasteiger partial charge in [-0.25, -0.2) is 0 Å². The number of piperidine rings is 1. The van der Waals surface area contributed by atoms with E-state index in [9.17, 15) is 4.79 Å². The maximum Gasteiger partial charge on any atom is 0.311 e. The van der Waals surface area contributed by atoms with Gasteiger partial charge in [0.05, 0.1) is 13.0 Å². The minimum atomic E-state index is -0.527. The van der Waals surface area contributed by atoms with Gasteiger partial charge in [-0.05, 0) is 43.3 Å². The van der Waals surface area contributed by atoms with Crippen LogP contribution in [0.25, 0.3) is 0 Å². The molecule has 2 aromatic carbocycles. The molecule has 1 saturated heterocycles. The van der Waals surface area contributed by atoms with Gasteiger partial charge in [0.25, 0.3) is 0 Å². The number of esters is 1. The van der Waals surface area contributed by atoms with Gasteiger partial charge in [-0.2, -0.15) is 0 Å². The normalized spacial score (nSPS) is 16.2. The molecule has 0 amide bonds. The van der Waals surface area contributed by atoms with Gasteiger partial charge in [0.1, 0.15) is 11.4 Å². The van der Waals surface area contributed by atoms with Crippen LogP contribution in [0, 0.1) is 0 Å². The highest BCUT2D eigenvalue weighted by atomic mass is 16.6. The predicted molar refractivity (Wildman–Crippen MR) is 97.6 cm³/mol. The van der Waals surface area contributed by atoms with Crippen LogP contribution >= 0.6 is 0 Å². The van der Waals surface area contributed by atoms with Crippen molar-refractivity contribution in [2.75, 3.05) is 19.7 Å². The lowest BCUT2D eigenvalue weighted by molar-refractivity contribution is -0.163. The van der Waals surface area contributed by atoms with E-state index in [2.05, 4.69) is 5.32 Å². The Morgan fingerprint density at radius 3 is 2.56 bits per heavy atom. The fourth-order valence-corrected chi connectivity index (χ4v) is 3.35. The second-order valence-corrected chi connectivity index (χ2v) is 6.34. The van der Waals surface area contributed by atoms with E-state index in [0.29, 0.717) is 6.61 Å². The lowest BCUT2D eigenvalue weighted by Crippen LogP contribution is -2.43. The molecule has 1 aliphatic rings. The van der Waals surface area contributed by atoms with Crippen molar-refractivity contribution in [2.45, 2.75) is 31.8 Å². The van der Waals surface area contributed by atoms with Crippen molar-refractivity contribution in [3.8, 4) is 5.75 Å². The molecule has 4 heteroatoms. The molecular formula is C21H25NO3. The number of carbonyl (C=O) groups is 1. The van der Waals surface area contributed by atoms with Gasteiger partial charge >= 0.3 is 5.97 Å². The molecule has 0 unspecified atom stereocenters. The smallest absolute Gasteiger partial charge is 0.311 e. The van der Waals surface area contributed by atoms with Crippen molar-refractivity contribution in [2.24, 2.45) is 0 Å². The molecular weight excluding hydrogens is 314 g/mol. The number of rotatable bonds is 6. The van der Waals surface area contributed by atoms with Crippen LogP contribution in [0.4, 0.5) is 0 Å². The molecule has 0 spiro atoms. The fraction of sp³-hybridized carbons (Fsp3) is 0.381. The van der Waals surface area contributed by atoms with E-state index in [1.165, 1.54) is 0 Å². The zero-order valence-corrected chi connectivity index (χ0v) is 14.7. The van der Waals surface area contributed by atoms with Gasteiger partial charge in [-0.1, -0.05) is 42.5 Å². The van der Waals surface area contributed by atoms with E-state index in [-0.39, 0.29) is 12.4 Å². The third kappa shape index (κ3) is 4.40. The summed E-state index contributed by atoms with van der Waals surface area (Å²) in [5, 5.41) is 3.35. The third-order valence-electron chi connectivity index (χ3n) is 4.58. The zero-order valence-electron chi connectivity index (χ0n) is 14.7. The Morgan fingerprint density at radius 2 is 1.84 bits per heavy atom. The fourth-order valence-electron chi connectivity index (χ4n) is 3.35. The van der Waals surface area contributed by atoms with E-state index in [0.717, 1.165) is 42.8 Å². The van der Waals surface area contributed by atoms with E-state index >= 15 is 0 Å². The van der Waals surface area contributed by atoms with Crippen LogP contribution in [0.2, 0.25) is 0 Å². The number of ether oxygens (including phenoxy) is 2. The highest BCUT2D eigenvalue weighted by molar-refractivity contribution is 5.73. The van der Waals surface area contributed by atoms with Gasteiger partial charge in [0.15, 0.2) is 0 Å². The molecule has 4 nitrogen and oxygen atoms in total. The Morgan fingerprint density at radius 1 is 1.08 bits per heavy atom. The van der Waals surface area contributed by atoms with Gasteiger partial charge in [-0.15, -0.1) is 0 Å². The minimum Gasteiger partial charge on any atom is -0.494 e. The maximum absolute atomic E-state index is 12.6. The first-order valence-electron chi connectivity index (χ1n) is 8.92. The first-order valence-corrected chi connectivity index (χ1v) is 8.92. The SMILES string of the molecule is CCOc1cccc(CC(=O)OC2(c3ccccc3)CCNCC2)c1. The molecule has 1 heterocycles. The first-order chi connectivity index (χ1) is 12.2. The second-order valence-electron chi connectivity index (χ2n) is 6.34. The van der Waals surface area contributed by atoms with Crippen LogP contribution in [0.15, 0.2) is 54.6 Å². The summed E-state index contributed by atoms with van der Waals surface area (Å²) >= 11 is 0. The van der Waals surface area contributed by atoms with Crippen molar-refractivity contribution in [3.05, 3.63) is 65.7 Å². The lowest BCUT2D eigenvalue weighted by atomic mass is 9.84. The summed E-state index contributed by atoms with van der Waals surface area (Å²) in [6, 6.07) is 17.7. The maximum atomic E-state index is 12.6. The minimum absolute atomic E-state index is 0.195. The summed E-state index contributed by atoms with van der Waals surface area (Å²) in [6.07, 6.45) is 1.84. The van der Waals surface area contributed by atoms with Crippen LogP contribution in [-0.2, 0) is 21.6 Å². The van der Waals surface area contributed by atoms with Gasteiger partial charge in [0.2, 0.25) is 0 Å². The number of hydrogen-bond acceptors (Lipinski definition) is 4. The molecule has 0 aliphatic carbocycles. The number of carbonyl (C=O) groups excluding carboxylic acids is 1. The Hall–Kier alpha value is -2.33. The zero-order chi connectivity index (χ0) is 17.5. The molecule has 25 heavy (non-hydrogen) atoms. The monoisotopic (exact) mass is 339 g/mol. The van der Waals surface area contributed by atoms with Crippen molar-refractivity contribution in [3.63, 3.8) is 0 Å². The van der Waals surface area contributed by atoms with Crippen LogP contribution < -0.4 is 10.1 Å². The molecule has 0 saturated carbocycles. The van der Waals surface area contributed by atoms with Gasteiger partial charge in [0, 0.05) is 12.8 Å². The summed E-state index contributed by atoms with van der Waals surface area (Å²) in [6.45, 7) is 4.25. The molecule has 0 atom stereocenters. The van der Waals surface area contributed by atoms with Crippen molar-refractivity contribution < 1.29 is 14.3 Å². The Bertz CT molecular complexity index is 693. The standard InChI is InChI=1S/C21H25NO3/c1-2-24-19-10-6-7-17(15-19)16-20(23)25-21(11-13-22-14-12-21)18-8-4-3-5-9-18/h3-10,15,22H,2,11-14,16H2,1H3. The molecule has 0 aromatic heterocycles. The van der Waals surface area contributed by atoms with Crippen LogP contribution in [-0.4, -0.2) is 25.7 Å². The summed E-state index contributed by atoms with van der Waals surface area (Å²) in [5.41, 5.74) is 1.46. The summed E-state index contributed by atoms with van der Waals surface area (Å²) in [5.74, 6) is 0.590. The molecule has 0 radical (unpaired) electrons. The van der Waals surface area contributed by atoms with Crippen molar-refractivity contribution in [1.29, 1.82) is 0 Å². The second kappa shape index (κ2) is 8.17. The number of hydrogen-bond donors (Lipinski definition) is 1. The van der Waals surface area contributed by atoms with Gasteiger partial charge in [-0.3, -0.25) is 4.79 Å². The van der Waals surface area contributed by atoms with E-state index in [4.69, 9.17) is 9.47 Å². The molecule has 132 valence electrons. The van der Waals surface area contributed by atoms with Crippen LogP contribution in [0.5, 0.6) is 5.75 Å². The molecule has 2 aromatic rings. The molecule has 0 bridgehead atoms. The Kier molecular flexibility index (Phi) is 5.71. The summed E-state index contributed by atoms with van der Waals surface area (Å²) < 4.78 is 11.6. The highest BCUT2D eigenvalue weighted by Gasteiger charge is 2.37. The first kappa shape index (κ1) is 17.5. The van der Waals surface area contributed by atoms with Crippen LogP contribution in [0.3, 0.4) is 0 Å². The Balaban J connectivity index is 1.74.